The lowest BCUT2D eigenvalue weighted by Gasteiger charge is -2.22. The summed E-state index contributed by atoms with van der Waals surface area (Å²) in [6.45, 7) is 2.99. The van der Waals surface area contributed by atoms with Crippen molar-refractivity contribution in [1.29, 1.82) is 0 Å². The number of amides is 2. The standard InChI is InChI=1S/C23H24N4O3/c1-29-18-8-7-17(16-5-3-2-4-6-16)20-21(18)25-19(13-24-20)26-22(28)27-11-9-23(14-27)10-12-30-15-23/h2-8,13H,9-12,14-15H2,1H3,(H,25,26,28). The Balaban J connectivity index is 1.42. The van der Waals surface area contributed by atoms with Crippen LogP contribution in [-0.4, -0.2) is 54.3 Å². The van der Waals surface area contributed by atoms with Gasteiger partial charge in [-0.3, -0.25) is 5.32 Å². The zero-order valence-corrected chi connectivity index (χ0v) is 16.9. The van der Waals surface area contributed by atoms with Crippen LogP contribution < -0.4 is 10.1 Å². The molecular weight excluding hydrogens is 380 g/mol. The Labute approximate surface area is 175 Å². The van der Waals surface area contributed by atoms with Crippen molar-refractivity contribution in [3.63, 3.8) is 0 Å². The first-order chi connectivity index (χ1) is 14.7. The van der Waals surface area contributed by atoms with E-state index in [1.54, 1.807) is 13.3 Å². The monoisotopic (exact) mass is 404 g/mol. The van der Waals surface area contributed by atoms with Gasteiger partial charge in [0.2, 0.25) is 0 Å². The van der Waals surface area contributed by atoms with Crippen LogP contribution in [0.2, 0.25) is 0 Å². The largest absolute Gasteiger partial charge is 0.494 e. The van der Waals surface area contributed by atoms with E-state index in [9.17, 15) is 4.79 Å². The number of likely N-dealkylation sites (tertiary alicyclic amines) is 1. The molecule has 2 aliphatic rings. The number of carbonyl (C=O) groups excluding carboxylic acids is 1. The van der Waals surface area contributed by atoms with E-state index in [0.29, 0.717) is 17.1 Å². The van der Waals surface area contributed by atoms with Gasteiger partial charge in [0.05, 0.1) is 19.9 Å². The molecule has 1 atom stereocenters. The van der Waals surface area contributed by atoms with Crippen molar-refractivity contribution in [2.45, 2.75) is 12.8 Å². The Morgan fingerprint density at radius 3 is 2.80 bits per heavy atom. The second-order valence-corrected chi connectivity index (χ2v) is 8.04. The molecule has 0 aliphatic carbocycles. The summed E-state index contributed by atoms with van der Waals surface area (Å²) in [6, 6.07) is 13.8. The topological polar surface area (TPSA) is 76.6 Å². The lowest BCUT2D eigenvalue weighted by atomic mass is 9.87. The highest BCUT2D eigenvalue weighted by molar-refractivity contribution is 5.96. The molecule has 0 radical (unpaired) electrons. The quantitative estimate of drug-likeness (QED) is 0.715. The average molecular weight is 404 g/mol. The number of ether oxygens (including phenoxy) is 2. The van der Waals surface area contributed by atoms with Crippen LogP contribution >= 0.6 is 0 Å². The van der Waals surface area contributed by atoms with Crippen molar-refractivity contribution < 1.29 is 14.3 Å². The minimum Gasteiger partial charge on any atom is -0.494 e. The Morgan fingerprint density at radius 1 is 1.17 bits per heavy atom. The molecular formula is C23H24N4O3. The first kappa shape index (κ1) is 18.8. The van der Waals surface area contributed by atoms with E-state index in [1.165, 1.54) is 0 Å². The van der Waals surface area contributed by atoms with Gasteiger partial charge >= 0.3 is 6.03 Å². The van der Waals surface area contributed by atoms with Crippen LogP contribution in [0.3, 0.4) is 0 Å². The van der Waals surface area contributed by atoms with Gasteiger partial charge in [0, 0.05) is 30.7 Å². The van der Waals surface area contributed by atoms with E-state index >= 15 is 0 Å². The molecule has 3 aromatic rings. The smallest absolute Gasteiger partial charge is 0.323 e. The molecule has 2 fully saturated rings. The van der Waals surface area contributed by atoms with E-state index in [1.807, 2.05) is 47.4 Å². The van der Waals surface area contributed by atoms with Crippen LogP contribution in [-0.2, 0) is 4.74 Å². The first-order valence-corrected chi connectivity index (χ1v) is 10.2. The van der Waals surface area contributed by atoms with E-state index < -0.39 is 0 Å². The highest BCUT2D eigenvalue weighted by Crippen LogP contribution is 2.38. The summed E-state index contributed by atoms with van der Waals surface area (Å²) >= 11 is 0. The van der Waals surface area contributed by atoms with Crippen LogP contribution in [0.5, 0.6) is 5.75 Å². The van der Waals surface area contributed by atoms with Crippen LogP contribution in [0.4, 0.5) is 10.6 Å². The first-order valence-electron chi connectivity index (χ1n) is 10.2. The third-order valence-corrected chi connectivity index (χ3v) is 6.11. The zero-order valence-electron chi connectivity index (χ0n) is 16.9. The molecule has 0 saturated carbocycles. The minimum absolute atomic E-state index is 0.125. The number of methoxy groups -OCH3 is 1. The van der Waals surface area contributed by atoms with Crippen LogP contribution in [0.1, 0.15) is 12.8 Å². The number of anilines is 1. The number of fused-ring (bicyclic) bond motifs is 1. The summed E-state index contributed by atoms with van der Waals surface area (Å²) in [6.07, 6.45) is 3.61. The average Bonchev–Trinajstić information content (AvgIpc) is 3.43. The fourth-order valence-electron chi connectivity index (χ4n) is 4.42. The molecule has 2 aliphatic heterocycles. The van der Waals surface area contributed by atoms with E-state index in [2.05, 4.69) is 15.3 Å². The molecule has 1 unspecified atom stereocenters. The van der Waals surface area contributed by atoms with Gasteiger partial charge in [0.25, 0.3) is 0 Å². The van der Waals surface area contributed by atoms with Gasteiger partial charge in [-0.1, -0.05) is 30.3 Å². The van der Waals surface area contributed by atoms with Gasteiger partial charge < -0.3 is 14.4 Å². The van der Waals surface area contributed by atoms with Gasteiger partial charge in [-0.2, -0.15) is 0 Å². The molecule has 0 bridgehead atoms. The Morgan fingerprint density at radius 2 is 2.03 bits per heavy atom. The molecule has 7 nitrogen and oxygen atoms in total. The third-order valence-electron chi connectivity index (χ3n) is 6.11. The number of carbonyl (C=O) groups is 1. The summed E-state index contributed by atoms with van der Waals surface area (Å²) in [7, 11) is 1.61. The Kier molecular flexibility index (Phi) is 4.75. The molecule has 1 spiro atoms. The number of hydrogen-bond acceptors (Lipinski definition) is 5. The SMILES string of the molecule is COc1ccc(-c2ccccc2)c2ncc(NC(=O)N3CCC4(CCOC4)C3)nc12. The minimum atomic E-state index is -0.148. The highest BCUT2D eigenvalue weighted by atomic mass is 16.5. The van der Waals surface area contributed by atoms with Crippen molar-refractivity contribution >= 4 is 22.9 Å². The third kappa shape index (κ3) is 3.35. The van der Waals surface area contributed by atoms with Crippen LogP contribution in [0.15, 0.2) is 48.7 Å². The predicted octanol–water partition coefficient (Wildman–Crippen LogP) is 3.95. The predicted molar refractivity (Wildman–Crippen MR) is 115 cm³/mol. The van der Waals surface area contributed by atoms with Crippen molar-refractivity contribution in [1.82, 2.24) is 14.9 Å². The van der Waals surface area contributed by atoms with E-state index in [0.717, 1.165) is 55.8 Å². The molecule has 1 N–H and O–H groups in total. The second kappa shape index (κ2) is 7.57. The van der Waals surface area contributed by atoms with Gasteiger partial charge in [0.15, 0.2) is 5.82 Å². The number of urea groups is 1. The molecule has 3 heterocycles. The number of aromatic nitrogens is 2. The zero-order chi connectivity index (χ0) is 20.6. The maximum absolute atomic E-state index is 12.8. The Bertz CT molecular complexity index is 1080. The molecule has 2 saturated heterocycles. The van der Waals surface area contributed by atoms with Gasteiger partial charge in [-0.05, 0) is 30.5 Å². The molecule has 1 aromatic heterocycles. The molecule has 154 valence electrons. The summed E-state index contributed by atoms with van der Waals surface area (Å²) < 4.78 is 11.1. The van der Waals surface area contributed by atoms with Gasteiger partial charge in [-0.25, -0.2) is 14.8 Å². The number of nitrogens with zero attached hydrogens (tertiary/aromatic N) is 3. The fourth-order valence-corrected chi connectivity index (χ4v) is 4.42. The summed E-state index contributed by atoms with van der Waals surface area (Å²) in [4.78, 5) is 23.9. The number of rotatable bonds is 3. The van der Waals surface area contributed by atoms with Crippen LogP contribution in [0.25, 0.3) is 22.2 Å². The lowest BCUT2D eigenvalue weighted by molar-refractivity contribution is 0.154. The molecule has 2 amide bonds. The second-order valence-electron chi connectivity index (χ2n) is 8.04. The maximum atomic E-state index is 12.8. The van der Waals surface area contributed by atoms with Crippen molar-refractivity contribution in [2.75, 3.05) is 38.7 Å². The normalized spacial score (nSPS) is 20.8. The van der Waals surface area contributed by atoms with Gasteiger partial charge in [-0.15, -0.1) is 0 Å². The fraction of sp³-hybridized carbons (Fsp3) is 0.348. The number of benzene rings is 2. The summed E-state index contributed by atoms with van der Waals surface area (Å²) in [5, 5.41) is 2.91. The number of nitrogens with one attached hydrogen (secondary N) is 1. The van der Waals surface area contributed by atoms with Crippen molar-refractivity contribution in [2.24, 2.45) is 5.41 Å². The van der Waals surface area contributed by atoms with Gasteiger partial charge in [0.1, 0.15) is 16.8 Å². The van der Waals surface area contributed by atoms with E-state index in [-0.39, 0.29) is 11.4 Å². The van der Waals surface area contributed by atoms with Crippen LogP contribution in [0, 0.1) is 5.41 Å². The Hall–Kier alpha value is -3.19. The number of hydrogen-bond donors (Lipinski definition) is 1. The van der Waals surface area contributed by atoms with Crippen molar-refractivity contribution in [3.8, 4) is 16.9 Å². The highest BCUT2D eigenvalue weighted by Gasteiger charge is 2.42. The molecule has 7 heteroatoms. The molecule has 2 aromatic carbocycles. The maximum Gasteiger partial charge on any atom is 0.323 e. The summed E-state index contributed by atoms with van der Waals surface area (Å²) in [5.74, 6) is 1.04. The summed E-state index contributed by atoms with van der Waals surface area (Å²) in [5.41, 5.74) is 3.51. The van der Waals surface area contributed by atoms with E-state index in [4.69, 9.17) is 9.47 Å². The lowest BCUT2D eigenvalue weighted by Crippen LogP contribution is -2.35. The molecule has 5 rings (SSSR count). The van der Waals surface area contributed by atoms with Crippen molar-refractivity contribution in [3.05, 3.63) is 48.7 Å². The molecule has 30 heavy (non-hydrogen) atoms.